The zero-order valence-corrected chi connectivity index (χ0v) is 12.5. The van der Waals surface area contributed by atoms with Crippen LogP contribution >= 0.6 is 0 Å². The molecule has 1 amide bonds. The van der Waals surface area contributed by atoms with Crippen LogP contribution in [0.15, 0.2) is 24.3 Å². The van der Waals surface area contributed by atoms with Crippen molar-refractivity contribution in [1.29, 1.82) is 0 Å². The first-order valence-corrected chi connectivity index (χ1v) is 7.35. The number of hydrogen-bond donors (Lipinski definition) is 1. The molecule has 0 spiro atoms. The van der Waals surface area contributed by atoms with Crippen molar-refractivity contribution < 1.29 is 14.6 Å². The lowest BCUT2D eigenvalue weighted by Gasteiger charge is -2.21. The van der Waals surface area contributed by atoms with Gasteiger partial charge in [-0.05, 0) is 37.1 Å². The quantitative estimate of drug-likeness (QED) is 0.707. The molecule has 0 fully saturated rings. The second kappa shape index (κ2) is 9.37. The van der Waals surface area contributed by atoms with Crippen LogP contribution in [-0.2, 0) is 0 Å². The number of carbonyl (C=O) groups excluding carboxylic acids is 1. The highest BCUT2D eigenvalue weighted by Crippen LogP contribution is 2.14. The number of nitrogens with zero attached hydrogens (tertiary/aromatic N) is 1. The molecule has 0 aromatic heterocycles. The summed E-state index contributed by atoms with van der Waals surface area (Å²) in [5.74, 6) is 0.750. The van der Waals surface area contributed by atoms with E-state index < -0.39 is 0 Å². The molecule has 20 heavy (non-hydrogen) atoms. The lowest BCUT2D eigenvalue weighted by molar-refractivity contribution is 0.0722. The highest BCUT2D eigenvalue weighted by molar-refractivity contribution is 5.94. The summed E-state index contributed by atoms with van der Waals surface area (Å²) in [6, 6.07) is 7.21. The number of benzene rings is 1. The molecule has 112 valence electrons. The molecule has 0 bridgehead atoms. The third kappa shape index (κ3) is 5.21. The maximum absolute atomic E-state index is 12.3. The minimum Gasteiger partial charge on any atom is -0.494 e. The summed E-state index contributed by atoms with van der Waals surface area (Å²) in [6.45, 7) is 5.87. The van der Waals surface area contributed by atoms with Crippen LogP contribution in [-0.4, -0.2) is 42.2 Å². The predicted octanol–water partition coefficient (Wildman–Crippen LogP) is 2.71. The Hall–Kier alpha value is -1.55. The number of ether oxygens (including phenoxy) is 1. The van der Waals surface area contributed by atoms with E-state index >= 15 is 0 Å². The molecule has 0 unspecified atom stereocenters. The van der Waals surface area contributed by atoms with Crippen molar-refractivity contribution in [2.75, 3.05) is 26.3 Å². The van der Waals surface area contributed by atoms with Gasteiger partial charge < -0.3 is 14.7 Å². The standard InChI is InChI=1S/C16H25NO3/c1-3-5-13-20-15-8-6-14(7-9-15)16(19)17(10-4-2)11-12-18/h6-9,18H,3-5,10-13H2,1-2H3. The van der Waals surface area contributed by atoms with Crippen molar-refractivity contribution in [2.24, 2.45) is 0 Å². The van der Waals surface area contributed by atoms with Gasteiger partial charge in [-0.15, -0.1) is 0 Å². The van der Waals surface area contributed by atoms with Crippen LogP contribution in [0.4, 0.5) is 0 Å². The highest BCUT2D eigenvalue weighted by Gasteiger charge is 2.14. The first-order valence-electron chi connectivity index (χ1n) is 7.35. The Labute approximate surface area is 121 Å². The van der Waals surface area contributed by atoms with Crippen molar-refractivity contribution in [3.8, 4) is 5.75 Å². The second-order valence-electron chi connectivity index (χ2n) is 4.74. The van der Waals surface area contributed by atoms with Gasteiger partial charge >= 0.3 is 0 Å². The largest absolute Gasteiger partial charge is 0.494 e. The van der Waals surface area contributed by atoms with E-state index in [0.29, 0.717) is 25.3 Å². The number of hydrogen-bond acceptors (Lipinski definition) is 3. The minimum absolute atomic E-state index is 0.00997. The molecular formula is C16H25NO3. The Morgan fingerprint density at radius 3 is 2.40 bits per heavy atom. The third-order valence-corrected chi connectivity index (χ3v) is 3.02. The second-order valence-corrected chi connectivity index (χ2v) is 4.74. The van der Waals surface area contributed by atoms with Gasteiger partial charge in [0.25, 0.3) is 5.91 Å². The van der Waals surface area contributed by atoms with Crippen molar-refractivity contribution in [3.63, 3.8) is 0 Å². The fourth-order valence-corrected chi connectivity index (χ4v) is 1.92. The molecule has 1 N–H and O–H groups in total. The summed E-state index contributed by atoms with van der Waals surface area (Å²) in [6.07, 6.45) is 3.01. The van der Waals surface area contributed by atoms with Gasteiger partial charge in [0.1, 0.15) is 5.75 Å². The van der Waals surface area contributed by atoms with E-state index in [-0.39, 0.29) is 12.5 Å². The van der Waals surface area contributed by atoms with Gasteiger partial charge in [0.05, 0.1) is 13.2 Å². The lowest BCUT2D eigenvalue weighted by atomic mass is 10.2. The Morgan fingerprint density at radius 2 is 1.85 bits per heavy atom. The third-order valence-electron chi connectivity index (χ3n) is 3.02. The smallest absolute Gasteiger partial charge is 0.253 e. The fourth-order valence-electron chi connectivity index (χ4n) is 1.92. The Balaban J connectivity index is 2.63. The number of aliphatic hydroxyl groups excluding tert-OH is 1. The normalized spacial score (nSPS) is 10.3. The monoisotopic (exact) mass is 279 g/mol. The summed E-state index contributed by atoms with van der Waals surface area (Å²) in [7, 11) is 0. The lowest BCUT2D eigenvalue weighted by Crippen LogP contribution is -2.34. The molecule has 0 saturated heterocycles. The van der Waals surface area contributed by atoms with E-state index in [1.165, 1.54) is 0 Å². The first-order chi connectivity index (χ1) is 9.72. The summed E-state index contributed by atoms with van der Waals surface area (Å²) in [5, 5.41) is 9.01. The molecule has 0 atom stereocenters. The van der Waals surface area contributed by atoms with E-state index in [1.54, 1.807) is 17.0 Å². The van der Waals surface area contributed by atoms with Crippen molar-refractivity contribution >= 4 is 5.91 Å². The number of aliphatic hydroxyl groups is 1. The molecule has 4 nitrogen and oxygen atoms in total. The van der Waals surface area contributed by atoms with Gasteiger partial charge in [-0.2, -0.15) is 0 Å². The molecule has 1 aromatic carbocycles. The highest BCUT2D eigenvalue weighted by atomic mass is 16.5. The maximum Gasteiger partial charge on any atom is 0.253 e. The molecular weight excluding hydrogens is 254 g/mol. The Morgan fingerprint density at radius 1 is 1.15 bits per heavy atom. The molecule has 1 aromatic rings. The molecule has 0 aliphatic heterocycles. The topological polar surface area (TPSA) is 49.8 Å². The number of amides is 1. The summed E-state index contributed by atoms with van der Waals surface area (Å²) >= 11 is 0. The van der Waals surface area contributed by atoms with Gasteiger partial charge in [0.2, 0.25) is 0 Å². The molecule has 0 saturated carbocycles. The SMILES string of the molecule is CCCCOc1ccc(C(=O)N(CCC)CCO)cc1. The van der Waals surface area contributed by atoms with Crippen LogP contribution in [0.25, 0.3) is 0 Å². The van der Waals surface area contributed by atoms with E-state index in [9.17, 15) is 4.79 Å². The first kappa shape index (κ1) is 16.5. The van der Waals surface area contributed by atoms with Crippen LogP contribution in [0, 0.1) is 0 Å². The molecule has 0 heterocycles. The average Bonchev–Trinajstić information content (AvgIpc) is 2.47. The van der Waals surface area contributed by atoms with Gasteiger partial charge in [-0.1, -0.05) is 20.3 Å². The Bertz CT molecular complexity index is 383. The molecule has 4 heteroatoms. The summed E-state index contributed by atoms with van der Waals surface area (Å²) in [5.41, 5.74) is 0.634. The van der Waals surface area contributed by atoms with E-state index in [1.807, 2.05) is 19.1 Å². The fraction of sp³-hybridized carbons (Fsp3) is 0.562. The van der Waals surface area contributed by atoms with Crippen molar-refractivity contribution in [1.82, 2.24) is 4.90 Å². The zero-order chi connectivity index (χ0) is 14.8. The van der Waals surface area contributed by atoms with Crippen LogP contribution in [0.3, 0.4) is 0 Å². The molecule has 0 aliphatic carbocycles. The maximum atomic E-state index is 12.3. The van der Waals surface area contributed by atoms with E-state index in [0.717, 1.165) is 25.0 Å². The van der Waals surface area contributed by atoms with E-state index in [2.05, 4.69) is 6.92 Å². The number of rotatable bonds is 9. The van der Waals surface area contributed by atoms with Gasteiger partial charge in [0, 0.05) is 18.7 Å². The molecule has 0 aliphatic rings. The van der Waals surface area contributed by atoms with Gasteiger partial charge in [0.15, 0.2) is 0 Å². The van der Waals surface area contributed by atoms with Gasteiger partial charge in [-0.25, -0.2) is 0 Å². The van der Waals surface area contributed by atoms with Crippen molar-refractivity contribution in [3.05, 3.63) is 29.8 Å². The summed E-state index contributed by atoms with van der Waals surface area (Å²) < 4.78 is 5.57. The van der Waals surface area contributed by atoms with Crippen LogP contribution < -0.4 is 4.74 Å². The number of unbranched alkanes of at least 4 members (excludes halogenated alkanes) is 1. The minimum atomic E-state index is -0.0407. The van der Waals surface area contributed by atoms with Crippen LogP contribution in [0.5, 0.6) is 5.75 Å². The Kier molecular flexibility index (Phi) is 7.73. The van der Waals surface area contributed by atoms with Crippen molar-refractivity contribution in [2.45, 2.75) is 33.1 Å². The van der Waals surface area contributed by atoms with Crippen LogP contribution in [0.2, 0.25) is 0 Å². The number of carbonyl (C=O) groups is 1. The molecule has 1 rings (SSSR count). The summed E-state index contributed by atoms with van der Waals surface area (Å²) in [4.78, 5) is 13.9. The molecule has 0 radical (unpaired) electrons. The van der Waals surface area contributed by atoms with Gasteiger partial charge in [-0.3, -0.25) is 4.79 Å². The zero-order valence-electron chi connectivity index (χ0n) is 12.5. The predicted molar refractivity (Wildman–Crippen MR) is 80.1 cm³/mol. The average molecular weight is 279 g/mol. The van der Waals surface area contributed by atoms with E-state index in [4.69, 9.17) is 9.84 Å². The van der Waals surface area contributed by atoms with Crippen LogP contribution in [0.1, 0.15) is 43.5 Å².